The third kappa shape index (κ3) is 4.49. The molecule has 152 valence electrons. The Morgan fingerprint density at radius 1 is 1.17 bits per heavy atom. The first-order valence-electron chi connectivity index (χ1n) is 10.5. The second kappa shape index (κ2) is 9.47. The molecule has 2 fully saturated rings. The minimum Gasteiger partial charge on any atom is -0.378 e. The molecule has 1 aromatic heterocycles. The Labute approximate surface area is 177 Å². The summed E-state index contributed by atoms with van der Waals surface area (Å²) < 4.78 is 5.54. The Hall–Kier alpha value is -2.29. The topological polar surface area (TPSA) is 32.8 Å². The zero-order valence-corrected chi connectivity index (χ0v) is 17.6. The summed E-state index contributed by atoms with van der Waals surface area (Å²) in [6.45, 7) is 3.53. The van der Waals surface area contributed by atoms with E-state index in [1.165, 1.54) is 19.3 Å². The van der Waals surface area contributed by atoms with Gasteiger partial charge in [0.25, 0.3) is 5.91 Å². The Kier molecular flexibility index (Phi) is 6.53. The van der Waals surface area contributed by atoms with Crippen LogP contribution in [-0.2, 0) is 4.74 Å². The van der Waals surface area contributed by atoms with E-state index in [0.717, 1.165) is 60.2 Å². The fourth-order valence-electron chi connectivity index (χ4n) is 4.31. The number of ether oxygens (including phenoxy) is 1. The van der Waals surface area contributed by atoms with E-state index in [9.17, 15) is 4.79 Å². The average Bonchev–Trinajstić information content (AvgIpc) is 3.24. The van der Waals surface area contributed by atoms with E-state index in [4.69, 9.17) is 11.2 Å². The van der Waals surface area contributed by atoms with Crippen LogP contribution in [0.4, 0.5) is 5.00 Å². The molecular formula is C24H28N2O2S. The molecule has 0 spiro atoms. The predicted molar refractivity (Wildman–Crippen MR) is 120 cm³/mol. The van der Waals surface area contributed by atoms with Crippen molar-refractivity contribution in [1.29, 1.82) is 0 Å². The van der Waals surface area contributed by atoms with Crippen molar-refractivity contribution < 1.29 is 9.53 Å². The third-order valence-electron chi connectivity index (χ3n) is 5.84. The molecule has 29 heavy (non-hydrogen) atoms. The molecule has 2 aromatic rings. The number of hydrogen-bond donors (Lipinski definition) is 0. The molecule has 0 unspecified atom stereocenters. The minimum atomic E-state index is 0.0801. The van der Waals surface area contributed by atoms with Crippen LogP contribution in [0.2, 0.25) is 0 Å². The lowest BCUT2D eigenvalue weighted by atomic mass is 9.94. The average molecular weight is 409 g/mol. The van der Waals surface area contributed by atoms with E-state index in [2.05, 4.69) is 29.0 Å². The maximum absolute atomic E-state index is 13.5. The summed E-state index contributed by atoms with van der Waals surface area (Å²) in [5, 5.41) is 1.16. The fraction of sp³-hybridized carbons (Fsp3) is 0.458. The number of terminal acetylenes is 1. The van der Waals surface area contributed by atoms with E-state index in [1.807, 2.05) is 23.1 Å². The molecule has 4 nitrogen and oxygen atoms in total. The highest BCUT2D eigenvalue weighted by Crippen LogP contribution is 2.40. The number of hydrogen-bond acceptors (Lipinski definition) is 4. The highest BCUT2D eigenvalue weighted by molar-refractivity contribution is 7.18. The number of nitrogens with zero attached hydrogens (tertiary/aromatic N) is 2. The molecule has 4 rings (SSSR count). The first-order valence-corrected chi connectivity index (χ1v) is 11.4. The van der Waals surface area contributed by atoms with Gasteiger partial charge in [0, 0.05) is 24.7 Å². The lowest BCUT2D eigenvalue weighted by Gasteiger charge is -2.32. The van der Waals surface area contributed by atoms with E-state index in [0.29, 0.717) is 6.54 Å². The molecule has 5 heteroatoms. The summed E-state index contributed by atoms with van der Waals surface area (Å²) in [6, 6.07) is 12.7. The SMILES string of the molecule is C#CCN(C(=O)c1cc(-c2ccccc2)c(N2CCOCC2)s1)C1CCCCC1. The lowest BCUT2D eigenvalue weighted by Crippen LogP contribution is -2.41. The van der Waals surface area contributed by atoms with Crippen molar-refractivity contribution in [3.8, 4) is 23.5 Å². The second-order valence-electron chi connectivity index (χ2n) is 7.72. The van der Waals surface area contributed by atoms with E-state index < -0.39 is 0 Å². The van der Waals surface area contributed by atoms with Gasteiger partial charge in [0.1, 0.15) is 0 Å². The number of carbonyl (C=O) groups is 1. The van der Waals surface area contributed by atoms with Gasteiger partial charge in [-0.05, 0) is 24.5 Å². The van der Waals surface area contributed by atoms with Gasteiger partial charge in [-0.2, -0.15) is 0 Å². The predicted octanol–water partition coefficient (Wildman–Crippen LogP) is 4.66. The summed E-state index contributed by atoms with van der Waals surface area (Å²) >= 11 is 1.60. The lowest BCUT2D eigenvalue weighted by molar-refractivity contribution is 0.0672. The Bertz CT molecular complexity index is 859. The quantitative estimate of drug-likeness (QED) is 0.675. The number of morpholine rings is 1. The van der Waals surface area contributed by atoms with Crippen molar-refractivity contribution in [1.82, 2.24) is 4.90 Å². The summed E-state index contributed by atoms with van der Waals surface area (Å²) in [7, 11) is 0. The molecule has 1 saturated heterocycles. The standard InChI is InChI=1S/C24H28N2O2S/c1-2-13-26(20-11-7-4-8-12-20)23(27)22-18-21(19-9-5-3-6-10-19)24(29-22)25-14-16-28-17-15-25/h1,3,5-6,9-10,18,20H,4,7-8,11-17H2. The number of rotatable bonds is 5. The van der Waals surface area contributed by atoms with Gasteiger partial charge < -0.3 is 14.5 Å². The zero-order valence-electron chi connectivity index (χ0n) is 16.8. The third-order valence-corrected chi connectivity index (χ3v) is 7.03. The van der Waals surface area contributed by atoms with Crippen molar-refractivity contribution in [2.45, 2.75) is 38.1 Å². The fourth-order valence-corrected chi connectivity index (χ4v) is 5.50. The molecular weight excluding hydrogens is 380 g/mol. The van der Waals surface area contributed by atoms with E-state index >= 15 is 0 Å². The second-order valence-corrected chi connectivity index (χ2v) is 8.75. The summed E-state index contributed by atoms with van der Waals surface area (Å²) in [4.78, 5) is 18.6. The molecule has 0 atom stereocenters. The van der Waals surface area contributed by atoms with Crippen molar-refractivity contribution in [2.24, 2.45) is 0 Å². The van der Waals surface area contributed by atoms with Crippen LogP contribution in [0.1, 0.15) is 41.8 Å². The van der Waals surface area contributed by atoms with Crippen LogP contribution in [-0.4, -0.2) is 49.7 Å². The van der Waals surface area contributed by atoms with Gasteiger partial charge >= 0.3 is 0 Å². The van der Waals surface area contributed by atoms with Crippen LogP contribution in [0.5, 0.6) is 0 Å². The van der Waals surface area contributed by atoms with E-state index in [1.54, 1.807) is 11.3 Å². The Morgan fingerprint density at radius 2 is 1.90 bits per heavy atom. The van der Waals surface area contributed by atoms with Gasteiger partial charge in [0.05, 0.1) is 29.6 Å². The van der Waals surface area contributed by atoms with Crippen molar-refractivity contribution in [3.63, 3.8) is 0 Å². The highest BCUT2D eigenvalue weighted by atomic mass is 32.1. The molecule has 1 aliphatic carbocycles. The van der Waals surface area contributed by atoms with E-state index in [-0.39, 0.29) is 11.9 Å². The van der Waals surface area contributed by atoms with Crippen LogP contribution in [0.3, 0.4) is 0 Å². The monoisotopic (exact) mass is 408 g/mol. The molecule has 1 amide bonds. The van der Waals surface area contributed by atoms with Crippen LogP contribution >= 0.6 is 11.3 Å². The number of anilines is 1. The largest absolute Gasteiger partial charge is 0.378 e. The van der Waals surface area contributed by atoms with Gasteiger partial charge in [-0.3, -0.25) is 4.79 Å². The van der Waals surface area contributed by atoms with Gasteiger partial charge in [0.2, 0.25) is 0 Å². The van der Waals surface area contributed by atoms with Gasteiger partial charge in [-0.25, -0.2) is 0 Å². The zero-order chi connectivity index (χ0) is 20.1. The molecule has 0 radical (unpaired) electrons. The summed E-state index contributed by atoms with van der Waals surface area (Å²) in [5.74, 6) is 2.80. The van der Waals surface area contributed by atoms with Crippen LogP contribution in [0, 0.1) is 12.3 Å². The van der Waals surface area contributed by atoms with Crippen LogP contribution < -0.4 is 4.90 Å². The molecule has 1 saturated carbocycles. The van der Waals surface area contributed by atoms with Crippen LogP contribution in [0.15, 0.2) is 36.4 Å². The number of amides is 1. The number of thiophene rings is 1. The molecule has 1 aromatic carbocycles. The van der Waals surface area contributed by atoms with Crippen molar-refractivity contribution in [3.05, 3.63) is 41.3 Å². The van der Waals surface area contributed by atoms with Gasteiger partial charge in [-0.15, -0.1) is 17.8 Å². The maximum atomic E-state index is 13.5. The van der Waals surface area contributed by atoms with Crippen molar-refractivity contribution >= 4 is 22.2 Å². The van der Waals surface area contributed by atoms with Gasteiger partial charge in [0.15, 0.2) is 0 Å². The minimum absolute atomic E-state index is 0.0801. The number of benzene rings is 1. The maximum Gasteiger partial charge on any atom is 0.265 e. The first kappa shape index (κ1) is 20.0. The first-order chi connectivity index (χ1) is 14.3. The molecule has 1 aliphatic heterocycles. The van der Waals surface area contributed by atoms with Crippen molar-refractivity contribution in [2.75, 3.05) is 37.7 Å². The summed E-state index contributed by atoms with van der Waals surface area (Å²) in [6.07, 6.45) is 11.4. The Balaban J connectivity index is 1.68. The van der Waals surface area contributed by atoms with Crippen LogP contribution in [0.25, 0.3) is 11.1 Å². The molecule has 0 bridgehead atoms. The highest BCUT2D eigenvalue weighted by Gasteiger charge is 2.29. The molecule has 0 N–H and O–H groups in total. The molecule has 2 heterocycles. The Morgan fingerprint density at radius 3 is 2.59 bits per heavy atom. The smallest absolute Gasteiger partial charge is 0.265 e. The number of carbonyl (C=O) groups excluding carboxylic acids is 1. The summed E-state index contributed by atoms with van der Waals surface area (Å²) in [5.41, 5.74) is 2.27. The van der Waals surface area contributed by atoms with Gasteiger partial charge in [-0.1, -0.05) is 55.5 Å². The normalized spacial score (nSPS) is 17.7. The molecule has 2 aliphatic rings.